The van der Waals surface area contributed by atoms with Crippen LogP contribution in [-0.4, -0.2) is 23.0 Å². The van der Waals surface area contributed by atoms with Gasteiger partial charge in [0.25, 0.3) is 0 Å². The summed E-state index contributed by atoms with van der Waals surface area (Å²) in [7, 11) is 0. The van der Waals surface area contributed by atoms with Crippen molar-refractivity contribution in [3.63, 3.8) is 0 Å². The smallest absolute Gasteiger partial charge is 0.335 e. The number of hydrogen-bond donors (Lipinski definition) is 2. The molecule has 112 valence electrons. The highest BCUT2D eigenvalue weighted by Gasteiger charge is 2.54. The van der Waals surface area contributed by atoms with Gasteiger partial charge in [0.15, 0.2) is 0 Å². The predicted molar refractivity (Wildman–Crippen MR) is 79.2 cm³/mol. The molecule has 0 radical (unpaired) electrons. The Morgan fingerprint density at radius 1 is 1.19 bits per heavy atom. The molecule has 0 aliphatic heterocycles. The summed E-state index contributed by atoms with van der Waals surface area (Å²) in [4.78, 5) is 23.3. The van der Waals surface area contributed by atoms with E-state index in [1.165, 1.54) is 32.1 Å². The Labute approximate surface area is 124 Å². The Morgan fingerprint density at radius 3 is 2.62 bits per heavy atom. The minimum Gasteiger partial charge on any atom is -0.478 e. The van der Waals surface area contributed by atoms with Crippen LogP contribution < -0.4 is 5.32 Å². The van der Waals surface area contributed by atoms with E-state index >= 15 is 0 Å². The summed E-state index contributed by atoms with van der Waals surface area (Å²) in [6.45, 7) is 0. The lowest BCUT2D eigenvalue weighted by Crippen LogP contribution is -2.32. The number of carboxylic acids is 1. The van der Waals surface area contributed by atoms with Gasteiger partial charge >= 0.3 is 5.97 Å². The van der Waals surface area contributed by atoms with Crippen molar-refractivity contribution in [3.05, 3.63) is 35.4 Å². The van der Waals surface area contributed by atoms with Crippen LogP contribution in [0, 0.1) is 5.41 Å². The van der Waals surface area contributed by atoms with Crippen molar-refractivity contribution in [2.75, 3.05) is 0 Å². The summed E-state index contributed by atoms with van der Waals surface area (Å²) in [5.41, 5.74) is 1.16. The minimum absolute atomic E-state index is 0.0591. The molecule has 2 saturated carbocycles. The molecule has 2 aliphatic rings. The van der Waals surface area contributed by atoms with Gasteiger partial charge in [0.05, 0.1) is 12.0 Å². The number of benzene rings is 1. The number of aromatic carboxylic acids is 1. The lowest BCUT2D eigenvalue weighted by molar-refractivity contribution is -0.120. The second-order valence-electron chi connectivity index (χ2n) is 6.39. The van der Waals surface area contributed by atoms with Crippen molar-refractivity contribution in [2.45, 2.75) is 51.0 Å². The first-order valence-electron chi connectivity index (χ1n) is 7.71. The molecule has 1 unspecified atom stereocenters. The van der Waals surface area contributed by atoms with Gasteiger partial charge in [-0.25, -0.2) is 4.79 Å². The van der Waals surface area contributed by atoms with Gasteiger partial charge in [-0.15, -0.1) is 0 Å². The second-order valence-corrected chi connectivity index (χ2v) is 6.39. The number of hydrogen-bond acceptors (Lipinski definition) is 2. The fourth-order valence-electron chi connectivity index (χ4n) is 3.66. The zero-order valence-electron chi connectivity index (χ0n) is 12.1. The molecule has 2 aliphatic carbocycles. The Balaban J connectivity index is 1.59. The Kier molecular flexibility index (Phi) is 3.70. The zero-order valence-corrected chi connectivity index (χ0v) is 12.1. The first-order valence-corrected chi connectivity index (χ1v) is 7.71. The summed E-state index contributed by atoms with van der Waals surface area (Å²) in [5, 5.41) is 12.2. The average molecular weight is 287 g/mol. The van der Waals surface area contributed by atoms with E-state index in [1.54, 1.807) is 24.3 Å². The normalized spacial score (nSPS) is 22.8. The van der Waals surface area contributed by atoms with Crippen LogP contribution >= 0.6 is 0 Å². The lowest BCUT2D eigenvalue weighted by atomic mass is 9.86. The first kappa shape index (κ1) is 14.1. The van der Waals surface area contributed by atoms with E-state index in [0.29, 0.717) is 17.0 Å². The van der Waals surface area contributed by atoms with Gasteiger partial charge in [-0.2, -0.15) is 0 Å². The maximum Gasteiger partial charge on any atom is 0.335 e. The summed E-state index contributed by atoms with van der Waals surface area (Å²) >= 11 is 0. The molecule has 0 aromatic heterocycles. The van der Waals surface area contributed by atoms with Gasteiger partial charge in [0.1, 0.15) is 0 Å². The summed E-state index contributed by atoms with van der Waals surface area (Å²) in [6.07, 6.45) is 7.55. The quantitative estimate of drug-likeness (QED) is 0.895. The molecule has 2 N–H and O–H groups in total. The zero-order chi connectivity index (χ0) is 14.9. The Bertz CT molecular complexity index is 561. The van der Waals surface area contributed by atoms with E-state index < -0.39 is 5.97 Å². The molecule has 1 spiro atoms. The number of amides is 1. The monoisotopic (exact) mass is 287 g/mol. The van der Waals surface area contributed by atoms with Crippen LogP contribution in [0.4, 0.5) is 0 Å². The lowest BCUT2D eigenvalue weighted by Gasteiger charge is -2.22. The van der Waals surface area contributed by atoms with Crippen molar-refractivity contribution >= 4 is 11.9 Å². The van der Waals surface area contributed by atoms with Crippen LogP contribution in [0.25, 0.3) is 0 Å². The third kappa shape index (κ3) is 2.94. The molecule has 1 aromatic rings. The molecule has 0 bridgehead atoms. The maximum absolute atomic E-state index is 12.2. The molecule has 0 saturated heterocycles. The average Bonchev–Trinajstić information content (AvgIpc) is 3.11. The van der Waals surface area contributed by atoms with Crippen LogP contribution in [0.15, 0.2) is 24.3 Å². The van der Waals surface area contributed by atoms with Crippen molar-refractivity contribution < 1.29 is 14.7 Å². The summed E-state index contributed by atoms with van der Waals surface area (Å²) in [6, 6.07) is 7.02. The molecule has 0 heterocycles. The number of carbonyl (C=O) groups is 2. The number of rotatable bonds is 4. The van der Waals surface area contributed by atoms with Crippen molar-refractivity contribution in [1.82, 2.24) is 5.32 Å². The van der Waals surface area contributed by atoms with E-state index in [0.717, 1.165) is 6.42 Å². The van der Waals surface area contributed by atoms with E-state index in [9.17, 15) is 9.59 Å². The molecule has 21 heavy (non-hydrogen) atoms. The van der Waals surface area contributed by atoms with Gasteiger partial charge in [-0.3, -0.25) is 4.79 Å². The fourth-order valence-corrected chi connectivity index (χ4v) is 3.66. The Hall–Kier alpha value is -1.84. The van der Waals surface area contributed by atoms with Crippen LogP contribution in [0.3, 0.4) is 0 Å². The topological polar surface area (TPSA) is 66.4 Å². The molecular formula is C17H21NO3. The summed E-state index contributed by atoms with van der Waals surface area (Å²) in [5.74, 6) is -1.04. The maximum atomic E-state index is 12.2. The Morgan fingerprint density at radius 2 is 1.90 bits per heavy atom. The molecular weight excluding hydrogens is 266 g/mol. The minimum atomic E-state index is -0.978. The van der Waals surface area contributed by atoms with Crippen LogP contribution in [0.5, 0.6) is 0 Å². The SMILES string of the molecule is O=C(Cc1ccccc1C(=O)O)NC1CC12CCCCC2. The van der Waals surface area contributed by atoms with Crippen molar-refractivity contribution in [1.29, 1.82) is 0 Å². The number of carbonyl (C=O) groups excluding carboxylic acids is 1. The summed E-state index contributed by atoms with van der Waals surface area (Å²) < 4.78 is 0. The van der Waals surface area contributed by atoms with E-state index in [-0.39, 0.29) is 17.9 Å². The number of carboxylic acid groups (broad SMARTS) is 1. The highest BCUT2D eigenvalue weighted by atomic mass is 16.4. The molecule has 4 nitrogen and oxygen atoms in total. The largest absolute Gasteiger partial charge is 0.478 e. The van der Waals surface area contributed by atoms with Gasteiger partial charge in [-0.05, 0) is 36.3 Å². The molecule has 3 rings (SSSR count). The van der Waals surface area contributed by atoms with E-state index in [4.69, 9.17) is 5.11 Å². The highest BCUT2D eigenvalue weighted by Crippen LogP contribution is 2.56. The van der Waals surface area contributed by atoms with Gasteiger partial charge in [-0.1, -0.05) is 37.5 Å². The van der Waals surface area contributed by atoms with E-state index in [2.05, 4.69) is 5.32 Å². The first-order chi connectivity index (χ1) is 10.1. The van der Waals surface area contributed by atoms with Gasteiger partial charge < -0.3 is 10.4 Å². The van der Waals surface area contributed by atoms with Crippen LogP contribution in [0.2, 0.25) is 0 Å². The van der Waals surface area contributed by atoms with E-state index in [1.807, 2.05) is 0 Å². The van der Waals surface area contributed by atoms with Crippen molar-refractivity contribution in [3.8, 4) is 0 Å². The van der Waals surface area contributed by atoms with Gasteiger partial charge in [0, 0.05) is 6.04 Å². The highest BCUT2D eigenvalue weighted by molar-refractivity contribution is 5.91. The second kappa shape index (κ2) is 5.51. The third-order valence-electron chi connectivity index (χ3n) is 4.97. The standard InChI is InChI=1S/C17H21NO3/c19-15(10-12-6-2-3-7-13(12)16(20)21)18-14-11-17(14)8-4-1-5-9-17/h2-3,6-7,14H,1,4-5,8-11H2,(H,18,19)(H,20,21). The molecule has 2 fully saturated rings. The predicted octanol–water partition coefficient (Wildman–Crippen LogP) is 2.77. The van der Waals surface area contributed by atoms with Crippen molar-refractivity contribution in [2.24, 2.45) is 5.41 Å². The molecule has 1 aromatic carbocycles. The van der Waals surface area contributed by atoms with Gasteiger partial charge in [0.2, 0.25) is 5.91 Å². The molecule has 1 amide bonds. The number of nitrogens with one attached hydrogen (secondary N) is 1. The van der Waals surface area contributed by atoms with Crippen LogP contribution in [-0.2, 0) is 11.2 Å². The van der Waals surface area contributed by atoms with Crippen LogP contribution in [0.1, 0.15) is 54.4 Å². The molecule has 1 atom stereocenters. The fraction of sp³-hybridized carbons (Fsp3) is 0.529. The molecule has 4 heteroatoms. The third-order valence-corrected chi connectivity index (χ3v) is 4.97.